The number of aliphatic hydroxyl groups excluding tert-OH is 2. The lowest BCUT2D eigenvalue weighted by atomic mass is 10.1. The molecule has 1 unspecified atom stereocenters. The molecule has 1 aromatic rings. The minimum atomic E-state index is -1.65. The minimum absolute atomic E-state index is 0.212. The lowest BCUT2D eigenvalue weighted by Gasteiger charge is -2.17. The summed E-state index contributed by atoms with van der Waals surface area (Å²) in [5, 5.41) is 18.5. The topological polar surface area (TPSA) is 70.4 Å². The maximum atomic E-state index is 13.9. The van der Waals surface area contributed by atoms with Crippen molar-refractivity contribution in [1.82, 2.24) is 9.55 Å². The Kier molecular flexibility index (Phi) is 3.93. The van der Waals surface area contributed by atoms with Crippen molar-refractivity contribution in [3.63, 3.8) is 0 Å². The van der Waals surface area contributed by atoms with Gasteiger partial charge in [0.2, 0.25) is 0 Å². The molecule has 0 amide bonds. The highest BCUT2D eigenvalue weighted by atomic mass is 32.1. The van der Waals surface area contributed by atoms with Gasteiger partial charge < -0.3 is 19.9 Å². The third-order valence-corrected chi connectivity index (χ3v) is 3.63. The van der Waals surface area contributed by atoms with Crippen molar-refractivity contribution in [2.45, 2.75) is 31.5 Å². The van der Waals surface area contributed by atoms with Crippen LogP contribution in [-0.2, 0) is 4.74 Å². The molecular formula is C10H13FN2O3S2. The molecule has 2 heterocycles. The van der Waals surface area contributed by atoms with Gasteiger partial charge in [0.05, 0.1) is 6.61 Å². The van der Waals surface area contributed by atoms with Gasteiger partial charge in [-0.25, -0.2) is 4.39 Å². The van der Waals surface area contributed by atoms with Crippen LogP contribution in [-0.4, -0.2) is 44.8 Å². The Bertz CT molecular complexity index is 559. The van der Waals surface area contributed by atoms with Crippen molar-refractivity contribution in [1.29, 1.82) is 0 Å². The highest BCUT2D eigenvalue weighted by Gasteiger charge is 2.44. The number of ether oxygens (including phenoxy) is 1. The minimum Gasteiger partial charge on any atom is -0.394 e. The molecule has 4 atom stereocenters. The summed E-state index contributed by atoms with van der Waals surface area (Å²) in [6, 6.07) is 0. The Labute approximate surface area is 113 Å². The largest absolute Gasteiger partial charge is 0.394 e. The average Bonchev–Trinajstić information content (AvgIpc) is 2.61. The maximum Gasteiger partial charge on any atom is 0.180 e. The predicted octanol–water partition coefficient (Wildman–Crippen LogP) is 1.17. The van der Waals surface area contributed by atoms with Crippen molar-refractivity contribution >= 4 is 24.4 Å². The molecule has 2 rings (SSSR count). The molecule has 0 aliphatic carbocycles. The highest BCUT2D eigenvalue weighted by molar-refractivity contribution is 7.72. The smallest absolute Gasteiger partial charge is 0.180 e. The normalized spacial score (nSPS) is 31.8. The molecule has 0 spiro atoms. The van der Waals surface area contributed by atoms with Gasteiger partial charge in [0.25, 0.3) is 0 Å². The number of alkyl halides is 1. The SMILES string of the molecule is Cc1cn([C@H]2O[C@@H](CO)[C@@H](O)C2F)c(=S)[nH]c1=S. The summed E-state index contributed by atoms with van der Waals surface area (Å²) in [5.74, 6) is 0. The van der Waals surface area contributed by atoms with Crippen molar-refractivity contribution < 1.29 is 19.3 Å². The monoisotopic (exact) mass is 292 g/mol. The Morgan fingerprint density at radius 1 is 1.56 bits per heavy atom. The van der Waals surface area contributed by atoms with Gasteiger partial charge in [-0.1, -0.05) is 12.2 Å². The third kappa shape index (κ3) is 2.26. The molecule has 0 bridgehead atoms. The van der Waals surface area contributed by atoms with Crippen LogP contribution >= 0.6 is 24.4 Å². The molecule has 1 saturated heterocycles. The number of aliphatic hydroxyl groups is 2. The molecule has 1 fully saturated rings. The summed E-state index contributed by atoms with van der Waals surface area (Å²) < 4.78 is 21.2. The number of nitrogens with one attached hydrogen (secondary N) is 1. The van der Waals surface area contributed by atoms with Gasteiger partial charge in [-0.15, -0.1) is 0 Å². The number of halogens is 1. The molecule has 1 aliphatic heterocycles. The molecule has 0 aromatic carbocycles. The van der Waals surface area contributed by atoms with E-state index in [2.05, 4.69) is 4.98 Å². The second-order valence-electron chi connectivity index (χ2n) is 4.16. The average molecular weight is 292 g/mol. The highest BCUT2D eigenvalue weighted by Crippen LogP contribution is 2.31. The van der Waals surface area contributed by atoms with Crippen LogP contribution in [0.5, 0.6) is 0 Å². The number of aromatic amines is 1. The van der Waals surface area contributed by atoms with Gasteiger partial charge in [-0.3, -0.25) is 4.57 Å². The number of nitrogens with zero attached hydrogens (tertiary/aromatic N) is 1. The standard InChI is InChI=1S/C10H13FN2O3S2/c1-4-2-13(10(18)12-8(4)17)9-6(11)7(15)5(3-14)16-9/h2,5-7,9,14-15H,3H2,1H3,(H,12,17,18)/t5-,6?,7+,9-/m0/s1. The van der Waals surface area contributed by atoms with Crippen LogP contribution in [0.4, 0.5) is 4.39 Å². The van der Waals surface area contributed by atoms with Gasteiger partial charge in [-0.05, 0) is 19.1 Å². The summed E-state index contributed by atoms with van der Waals surface area (Å²) in [6.07, 6.45) is -3.46. The maximum absolute atomic E-state index is 13.9. The molecule has 1 aromatic heterocycles. The first-order chi connectivity index (χ1) is 8.45. The molecule has 1 aliphatic rings. The van der Waals surface area contributed by atoms with Crippen LogP contribution in [0.3, 0.4) is 0 Å². The summed E-state index contributed by atoms with van der Waals surface area (Å²) in [4.78, 5) is 2.75. The van der Waals surface area contributed by atoms with Crippen LogP contribution in [0, 0.1) is 16.3 Å². The number of aromatic nitrogens is 2. The molecule has 3 N–H and O–H groups in total. The number of hydrogen-bond acceptors (Lipinski definition) is 5. The second kappa shape index (κ2) is 5.14. The Morgan fingerprint density at radius 2 is 2.22 bits per heavy atom. The molecule has 18 heavy (non-hydrogen) atoms. The molecule has 5 nitrogen and oxygen atoms in total. The van der Waals surface area contributed by atoms with Crippen LogP contribution < -0.4 is 0 Å². The summed E-state index contributed by atoms with van der Waals surface area (Å²) in [6.45, 7) is 1.31. The summed E-state index contributed by atoms with van der Waals surface area (Å²) >= 11 is 10.1. The van der Waals surface area contributed by atoms with E-state index in [0.29, 0.717) is 4.64 Å². The van der Waals surface area contributed by atoms with E-state index in [9.17, 15) is 9.50 Å². The van der Waals surface area contributed by atoms with Crippen LogP contribution in [0.2, 0.25) is 0 Å². The first kappa shape index (κ1) is 13.8. The Hall–Kier alpha value is -0.670. The molecule has 8 heteroatoms. The summed E-state index contributed by atoms with van der Waals surface area (Å²) in [5.41, 5.74) is 0.719. The molecule has 0 saturated carbocycles. The van der Waals surface area contributed by atoms with E-state index in [-0.39, 0.29) is 4.77 Å². The summed E-state index contributed by atoms with van der Waals surface area (Å²) in [7, 11) is 0. The number of aryl methyl sites for hydroxylation is 1. The van der Waals surface area contributed by atoms with Crippen molar-refractivity contribution in [2.75, 3.05) is 6.61 Å². The predicted molar refractivity (Wildman–Crippen MR) is 67.1 cm³/mol. The van der Waals surface area contributed by atoms with Crippen LogP contribution in [0.1, 0.15) is 11.8 Å². The van der Waals surface area contributed by atoms with E-state index in [1.807, 2.05) is 0 Å². The van der Waals surface area contributed by atoms with Crippen molar-refractivity contribution in [2.24, 2.45) is 0 Å². The zero-order chi connectivity index (χ0) is 13.4. The lowest BCUT2D eigenvalue weighted by molar-refractivity contribution is -0.0484. The van der Waals surface area contributed by atoms with Gasteiger partial charge in [0, 0.05) is 11.8 Å². The van der Waals surface area contributed by atoms with Gasteiger partial charge >= 0.3 is 0 Å². The van der Waals surface area contributed by atoms with E-state index in [1.165, 1.54) is 4.57 Å². The van der Waals surface area contributed by atoms with E-state index in [1.54, 1.807) is 13.1 Å². The van der Waals surface area contributed by atoms with Gasteiger partial charge in [0.1, 0.15) is 16.8 Å². The van der Waals surface area contributed by atoms with Gasteiger partial charge in [0.15, 0.2) is 17.2 Å². The van der Waals surface area contributed by atoms with E-state index >= 15 is 0 Å². The Morgan fingerprint density at radius 3 is 2.78 bits per heavy atom. The number of hydrogen-bond donors (Lipinski definition) is 3. The number of H-pyrrole nitrogens is 1. The fraction of sp³-hybridized carbons (Fsp3) is 0.600. The zero-order valence-electron chi connectivity index (χ0n) is 9.54. The van der Waals surface area contributed by atoms with E-state index in [0.717, 1.165) is 5.56 Å². The van der Waals surface area contributed by atoms with E-state index in [4.69, 9.17) is 34.3 Å². The van der Waals surface area contributed by atoms with Crippen LogP contribution in [0.25, 0.3) is 0 Å². The molecular weight excluding hydrogens is 279 g/mol. The van der Waals surface area contributed by atoms with Crippen molar-refractivity contribution in [3.8, 4) is 0 Å². The second-order valence-corrected chi connectivity index (χ2v) is 4.96. The Balaban J connectivity index is 2.42. The fourth-order valence-electron chi connectivity index (χ4n) is 1.85. The molecule has 0 radical (unpaired) electrons. The number of rotatable bonds is 2. The third-order valence-electron chi connectivity index (χ3n) is 2.89. The molecule has 100 valence electrons. The lowest BCUT2D eigenvalue weighted by Crippen LogP contribution is -2.30. The van der Waals surface area contributed by atoms with Crippen LogP contribution in [0.15, 0.2) is 6.20 Å². The van der Waals surface area contributed by atoms with Gasteiger partial charge in [-0.2, -0.15) is 0 Å². The fourth-order valence-corrected chi connectivity index (χ4v) is 2.33. The van der Waals surface area contributed by atoms with E-state index < -0.39 is 31.2 Å². The first-order valence-electron chi connectivity index (χ1n) is 5.36. The zero-order valence-corrected chi connectivity index (χ0v) is 11.2. The first-order valence-corrected chi connectivity index (χ1v) is 6.18. The quantitative estimate of drug-likeness (QED) is 0.714. The van der Waals surface area contributed by atoms with Crippen molar-refractivity contribution in [3.05, 3.63) is 21.2 Å².